The lowest BCUT2D eigenvalue weighted by atomic mass is 9.44. The number of aliphatic hydroxyl groups is 1. The third-order valence-electron chi connectivity index (χ3n) is 10.1. The number of rotatable bonds is 4. The van der Waals surface area contributed by atoms with E-state index in [0.29, 0.717) is 31.2 Å². The van der Waals surface area contributed by atoms with E-state index in [1.165, 1.54) is 19.1 Å². The van der Waals surface area contributed by atoms with Crippen molar-refractivity contribution in [3.05, 3.63) is 23.8 Å². The Morgan fingerprint density at radius 1 is 1.27 bits per heavy atom. The summed E-state index contributed by atoms with van der Waals surface area (Å²) in [5.41, 5.74) is -7.02. The molecule has 4 fully saturated rings. The van der Waals surface area contributed by atoms with Gasteiger partial charge in [-0.15, -0.1) is 0 Å². The lowest BCUT2D eigenvalue weighted by Gasteiger charge is -2.63. The number of fused-ring (bicyclic) bond motifs is 5. The fraction of sp³-hybridized carbons (Fsp3) is 0.741. The van der Waals surface area contributed by atoms with Crippen LogP contribution < -0.4 is 0 Å². The van der Waals surface area contributed by atoms with Gasteiger partial charge in [0.15, 0.2) is 23.2 Å². The minimum Gasteiger partial charge on any atom is -0.447 e. The molecule has 0 bridgehead atoms. The van der Waals surface area contributed by atoms with Gasteiger partial charge in [0.2, 0.25) is 5.12 Å². The van der Waals surface area contributed by atoms with E-state index in [1.807, 2.05) is 0 Å². The van der Waals surface area contributed by atoms with Crippen molar-refractivity contribution in [1.82, 2.24) is 0 Å². The molecule has 0 aromatic rings. The number of hydrogen-bond donors (Lipinski definition) is 1. The summed E-state index contributed by atoms with van der Waals surface area (Å²) in [6.45, 7) is 5.25. The Morgan fingerprint density at radius 2 is 2.00 bits per heavy atom. The molecule has 0 spiro atoms. The topological polar surface area (TPSA) is 89.9 Å². The molecular formula is C27H33F3O6S. The number of carbonyl (C=O) groups is 3. The van der Waals surface area contributed by atoms with Gasteiger partial charge in [-0.3, -0.25) is 9.59 Å². The van der Waals surface area contributed by atoms with Crippen LogP contribution in [0.1, 0.15) is 52.9 Å². The van der Waals surface area contributed by atoms with Crippen LogP contribution in [0.25, 0.3) is 0 Å². The number of esters is 1. The Bertz CT molecular complexity index is 1070. The van der Waals surface area contributed by atoms with Crippen LogP contribution in [0.5, 0.6) is 0 Å². The highest BCUT2D eigenvalue weighted by molar-refractivity contribution is 8.13. The molecule has 3 saturated carbocycles. The molecule has 1 saturated heterocycles. The lowest BCUT2D eigenvalue weighted by Crippen LogP contribution is -2.70. The van der Waals surface area contributed by atoms with E-state index in [9.17, 15) is 23.9 Å². The van der Waals surface area contributed by atoms with Crippen LogP contribution in [-0.2, 0) is 23.9 Å². The molecule has 1 heterocycles. The molecule has 10 heteroatoms. The molecule has 1 aliphatic heterocycles. The summed E-state index contributed by atoms with van der Waals surface area (Å²) in [6, 6.07) is -1.04. The van der Waals surface area contributed by atoms with Gasteiger partial charge in [-0.25, -0.2) is 18.0 Å². The summed E-state index contributed by atoms with van der Waals surface area (Å²) in [5.74, 6) is -3.50. The summed E-state index contributed by atoms with van der Waals surface area (Å²) in [6.07, 6.45) is 0.288. The summed E-state index contributed by atoms with van der Waals surface area (Å²) in [4.78, 5) is 38.8. The fourth-order valence-corrected chi connectivity index (χ4v) is 9.15. The highest BCUT2D eigenvalue weighted by Gasteiger charge is 2.78. The number of alkyl halides is 3. The summed E-state index contributed by atoms with van der Waals surface area (Å²) < 4.78 is 58.0. The molecule has 37 heavy (non-hydrogen) atoms. The number of ketones is 1. The number of ether oxygens (including phenoxy) is 2. The van der Waals surface area contributed by atoms with Gasteiger partial charge < -0.3 is 14.6 Å². The van der Waals surface area contributed by atoms with Crippen molar-refractivity contribution in [3.63, 3.8) is 0 Å². The van der Waals surface area contributed by atoms with Crippen molar-refractivity contribution in [2.75, 3.05) is 12.6 Å². The van der Waals surface area contributed by atoms with E-state index in [0.717, 1.165) is 6.08 Å². The smallest absolute Gasteiger partial charge is 0.336 e. The van der Waals surface area contributed by atoms with Crippen LogP contribution in [0.3, 0.4) is 0 Å². The van der Waals surface area contributed by atoms with Crippen LogP contribution in [0.2, 0.25) is 0 Å². The largest absolute Gasteiger partial charge is 0.447 e. The van der Waals surface area contributed by atoms with Gasteiger partial charge in [0.1, 0.15) is 12.2 Å². The molecular weight excluding hydrogens is 509 g/mol. The zero-order valence-electron chi connectivity index (χ0n) is 21.2. The minimum absolute atomic E-state index is 0.00702. The standard InChI is InChI=1S/C27H33F3O6S/c1-14-9-16-17-11-19(29)18-10-15(31)6-7-24(18,2)26(17,30)21(32)12-25(16,3)27(14,23(34)37-13-28)36-22(33)20-5-4-8-35-20/h6-7,10,14,16-17,19-21,32H,4-5,8-9,11-13H2,1-3H3/t14-,16+,17+,19+,20?,21+,24+,25+,26+,27+/m1/s1. The van der Waals surface area contributed by atoms with Gasteiger partial charge in [0.05, 0.1) is 6.10 Å². The molecule has 4 aliphatic carbocycles. The van der Waals surface area contributed by atoms with Gasteiger partial charge in [0.25, 0.3) is 0 Å². The fourth-order valence-electron chi connectivity index (χ4n) is 8.36. The van der Waals surface area contributed by atoms with E-state index < -0.39 is 81.1 Å². The molecule has 204 valence electrons. The second kappa shape index (κ2) is 8.95. The van der Waals surface area contributed by atoms with Gasteiger partial charge in [-0.2, -0.15) is 0 Å². The molecule has 10 atom stereocenters. The zero-order chi connectivity index (χ0) is 27.0. The van der Waals surface area contributed by atoms with Crippen LogP contribution >= 0.6 is 11.8 Å². The normalized spacial score (nSPS) is 48.6. The average Bonchev–Trinajstić information content (AvgIpc) is 3.45. The van der Waals surface area contributed by atoms with Crippen LogP contribution in [0, 0.1) is 28.6 Å². The van der Waals surface area contributed by atoms with Gasteiger partial charge in [-0.05, 0) is 74.4 Å². The van der Waals surface area contributed by atoms with Crippen molar-refractivity contribution in [2.45, 2.75) is 82.5 Å². The van der Waals surface area contributed by atoms with Crippen LogP contribution in [0.4, 0.5) is 13.2 Å². The van der Waals surface area contributed by atoms with Crippen molar-refractivity contribution in [2.24, 2.45) is 28.6 Å². The Hall–Kier alpha value is -1.65. The Labute approximate surface area is 218 Å². The molecule has 1 unspecified atom stereocenters. The average molecular weight is 543 g/mol. The number of allylic oxidation sites excluding steroid dienone is 4. The second-order valence-corrected chi connectivity index (χ2v) is 12.6. The maximum Gasteiger partial charge on any atom is 0.336 e. The van der Waals surface area contributed by atoms with E-state index in [4.69, 9.17) is 9.47 Å². The monoisotopic (exact) mass is 542 g/mol. The zero-order valence-corrected chi connectivity index (χ0v) is 22.0. The Morgan fingerprint density at radius 3 is 2.65 bits per heavy atom. The minimum atomic E-state index is -2.33. The molecule has 5 rings (SSSR count). The maximum absolute atomic E-state index is 17.4. The first-order chi connectivity index (χ1) is 17.4. The van der Waals surface area contributed by atoms with Gasteiger partial charge in [-0.1, -0.05) is 19.9 Å². The predicted molar refractivity (Wildman–Crippen MR) is 130 cm³/mol. The number of carbonyl (C=O) groups excluding carboxylic acids is 3. The Kier molecular flexibility index (Phi) is 6.51. The van der Waals surface area contributed by atoms with Gasteiger partial charge >= 0.3 is 5.97 Å². The quantitative estimate of drug-likeness (QED) is 0.533. The molecule has 0 aromatic carbocycles. The summed E-state index contributed by atoms with van der Waals surface area (Å²) in [5, 5.41) is 10.8. The molecule has 0 amide bonds. The van der Waals surface area contributed by atoms with Crippen molar-refractivity contribution >= 4 is 28.6 Å². The molecule has 5 aliphatic rings. The maximum atomic E-state index is 17.4. The lowest BCUT2D eigenvalue weighted by molar-refractivity contribution is -0.231. The predicted octanol–water partition coefficient (Wildman–Crippen LogP) is 4.20. The number of aliphatic hydroxyl groups excluding tert-OH is 1. The summed E-state index contributed by atoms with van der Waals surface area (Å²) >= 11 is 0.387. The molecule has 6 nitrogen and oxygen atoms in total. The third-order valence-corrected chi connectivity index (χ3v) is 10.8. The SMILES string of the molecule is C[C@@H]1C[C@H]2[C@@H]3C[C@H](F)C4=CC(=O)C=C[C@]4(C)[C@@]3(F)[C@@H](O)C[C@]2(C)[C@@]1(OC(=O)C1CCCO1)C(=O)SCF. The summed E-state index contributed by atoms with van der Waals surface area (Å²) in [7, 11) is 0. The number of hydrogen-bond acceptors (Lipinski definition) is 7. The Balaban J connectivity index is 1.61. The first kappa shape index (κ1) is 26.9. The highest BCUT2D eigenvalue weighted by atomic mass is 32.2. The first-order valence-electron chi connectivity index (χ1n) is 12.9. The van der Waals surface area contributed by atoms with Crippen molar-refractivity contribution < 1.29 is 42.1 Å². The second-order valence-electron chi connectivity index (χ2n) is 11.7. The highest BCUT2D eigenvalue weighted by Crippen LogP contribution is 2.72. The van der Waals surface area contributed by atoms with E-state index in [2.05, 4.69) is 0 Å². The first-order valence-corrected chi connectivity index (χ1v) is 13.9. The van der Waals surface area contributed by atoms with Crippen LogP contribution in [-0.4, -0.2) is 64.2 Å². The van der Waals surface area contributed by atoms with Gasteiger partial charge in [0, 0.05) is 29.3 Å². The van der Waals surface area contributed by atoms with E-state index in [-0.39, 0.29) is 24.8 Å². The van der Waals surface area contributed by atoms with E-state index in [1.54, 1.807) is 13.8 Å². The molecule has 1 N–H and O–H groups in total. The number of halogens is 3. The van der Waals surface area contributed by atoms with E-state index >= 15 is 8.78 Å². The van der Waals surface area contributed by atoms with Crippen LogP contribution in [0.15, 0.2) is 23.8 Å². The molecule has 0 aromatic heterocycles. The molecule has 0 radical (unpaired) electrons. The number of thioether (sulfide) groups is 1. The van der Waals surface area contributed by atoms with Crippen molar-refractivity contribution in [3.8, 4) is 0 Å². The third kappa shape index (κ3) is 3.43. The van der Waals surface area contributed by atoms with Crippen molar-refractivity contribution in [1.29, 1.82) is 0 Å².